The Morgan fingerprint density at radius 3 is 2.40 bits per heavy atom. The second kappa shape index (κ2) is 4.26. The van der Waals surface area contributed by atoms with Gasteiger partial charge in [-0.15, -0.1) is 0 Å². The Kier molecular flexibility index (Phi) is 4.01. The lowest BCUT2D eigenvalue weighted by atomic mass is 10.5. The summed E-state index contributed by atoms with van der Waals surface area (Å²) in [5.74, 6) is 0. The molecule has 0 saturated heterocycles. The van der Waals surface area contributed by atoms with Crippen molar-refractivity contribution in [3.8, 4) is 0 Å². The van der Waals surface area contributed by atoms with Gasteiger partial charge >= 0.3 is 8.80 Å². The van der Waals surface area contributed by atoms with E-state index in [9.17, 15) is 0 Å². The second-order valence-electron chi connectivity index (χ2n) is 1.83. The summed E-state index contributed by atoms with van der Waals surface area (Å²) in [5.41, 5.74) is 7.78. The molecule has 0 spiro atoms. The van der Waals surface area contributed by atoms with Gasteiger partial charge in [0.25, 0.3) is 0 Å². The van der Waals surface area contributed by atoms with Crippen LogP contribution >= 0.6 is 0 Å². The van der Waals surface area contributed by atoms with Crippen molar-refractivity contribution in [3.05, 3.63) is 10.4 Å². The Morgan fingerprint density at radius 1 is 1.40 bits per heavy atom. The molecule has 6 nitrogen and oxygen atoms in total. The first-order valence-electron chi connectivity index (χ1n) is 2.74. The molecule has 3 N–H and O–H groups in total. The molecule has 0 aliphatic carbocycles. The molecule has 0 heterocycles. The quantitative estimate of drug-likeness (QED) is 0.172. The molecule has 0 aliphatic heterocycles. The monoisotopic (exact) mass is 163 g/mol. The molecule has 0 unspecified atom stereocenters. The predicted octanol–water partition coefficient (Wildman–Crippen LogP) is -0.397. The Labute approximate surface area is 58.7 Å². The zero-order valence-electron chi connectivity index (χ0n) is 5.30. The molecule has 58 valence electrons. The normalized spacial score (nSPS) is 10.7. The lowest BCUT2D eigenvalue weighted by Gasteiger charge is -2.06. The van der Waals surface area contributed by atoms with E-state index in [4.69, 9.17) is 19.9 Å². The van der Waals surface area contributed by atoms with Crippen molar-refractivity contribution in [2.45, 2.75) is 12.5 Å². The molecule has 0 aromatic carbocycles. The van der Waals surface area contributed by atoms with E-state index >= 15 is 0 Å². The molecule has 0 saturated carbocycles. The van der Waals surface area contributed by atoms with E-state index in [-0.39, 0.29) is 12.6 Å². The Balaban J connectivity index is 3.28. The van der Waals surface area contributed by atoms with Crippen LogP contribution in [0, 0.1) is 0 Å². The molecule has 0 aliphatic rings. The minimum Gasteiger partial charge on any atom is -0.390 e. The van der Waals surface area contributed by atoms with Crippen LogP contribution in [-0.2, 0) is 0 Å². The highest BCUT2D eigenvalue weighted by Crippen LogP contribution is 2.00. The van der Waals surface area contributed by atoms with Gasteiger partial charge in [-0.3, -0.25) is 0 Å². The van der Waals surface area contributed by atoms with E-state index in [2.05, 4.69) is 10.0 Å². The number of hydrogen-bond donors (Lipinski definition) is 3. The van der Waals surface area contributed by atoms with Gasteiger partial charge in [0, 0.05) is 17.5 Å². The third-order valence-electron chi connectivity index (χ3n) is 0.834. The number of rotatable bonds is 4. The summed E-state index contributed by atoms with van der Waals surface area (Å²) in [6, 6.07) is -0.0774. The smallest absolute Gasteiger partial charge is 0.390 e. The lowest BCUT2D eigenvalue weighted by molar-refractivity contribution is 0.227. The zero-order chi connectivity index (χ0) is 8.04. The van der Waals surface area contributed by atoms with E-state index in [0.29, 0.717) is 6.42 Å². The molecule has 0 amide bonds. The van der Waals surface area contributed by atoms with Crippen LogP contribution < -0.4 is 0 Å². The molecule has 0 fully saturated rings. The van der Waals surface area contributed by atoms with E-state index in [1.54, 1.807) is 0 Å². The van der Waals surface area contributed by atoms with Crippen molar-refractivity contribution in [3.63, 3.8) is 0 Å². The van der Waals surface area contributed by atoms with Gasteiger partial charge in [0.05, 0.1) is 0 Å². The van der Waals surface area contributed by atoms with Crippen LogP contribution in [0.2, 0.25) is 6.04 Å². The maximum atomic E-state index is 8.43. The summed E-state index contributed by atoms with van der Waals surface area (Å²) < 4.78 is 0. The van der Waals surface area contributed by atoms with Gasteiger partial charge in [-0.2, -0.15) is 0 Å². The fraction of sp³-hybridized carbons (Fsp3) is 1.00. The number of azide groups is 1. The minimum atomic E-state index is -3.89. The van der Waals surface area contributed by atoms with Crippen LogP contribution in [0.4, 0.5) is 0 Å². The predicted molar refractivity (Wildman–Crippen MR) is 35.8 cm³/mol. The van der Waals surface area contributed by atoms with Crippen molar-refractivity contribution in [1.82, 2.24) is 0 Å². The van der Waals surface area contributed by atoms with Crippen molar-refractivity contribution >= 4 is 8.80 Å². The van der Waals surface area contributed by atoms with Gasteiger partial charge in [0.15, 0.2) is 0 Å². The molecule has 10 heavy (non-hydrogen) atoms. The van der Waals surface area contributed by atoms with Gasteiger partial charge in [-0.05, 0) is 12.0 Å². The van der Waals surface area contributed by atoms with Crippen molar-refractivity contribution in [1.29, 1.82) is 0 Å². The second-order valence-corrected chi connectivity index (χ2v) is 3.88. The van der Waals surface area contributed by atoms with Crippen LogP contribution in [0.1, 0.15) is 6.42 Å². The van der Waals surface area contributed by atoms with Gasteiger partial charge in [0.2, 0.25) is 0 Å². The third-order valence-corrected chi connectivity index (χ3v) is 1.86. The van der Waals surface area contributed by atoms with E-state index in [0.717, 1.165) is 0 Å². The molecule has 0 bridgehead atoms. The fourth-order valence-electron chi connectivity index (χ4n) is 0.432. The van der Waals surface area contributed by atoms with Crippen molar-refractivity contribution in [2.75, 3.05) is 6.54 Å². The maximum Gasteiger partial charge on any atom is 0.492 e. The van der Waals surface area contributed by atoms with Crippen LogP contribution in [0.15, 0.2) is 5.11 Å². The van der Waals surface area contributed by atoms with E-state index in [1.165, 1.54) is 0 Å². The average molecular weight is 163 g/mol. The largest absolute Gasteiger partial charge is 0.492 e. The van der Waals surface area contributed by atoms with Crippen LogP contribution in [0.5, 0.6) is 0 Å². The summed E-state index contributed by atoms with van der Waals surface area (Å²) in [4.78, 5) is 27.7. The highest BCUT2D eigenvalue weighted by atomic mass is 28.4. The zero-order valence-corrected chi connectivity index (χ0v) is 6.30. The van der Waals surface area contributed by atoms with Crippen LogP contribution in [0.3, 0.4) is 0 Å². The molecule has 0 atom stereocenters. The highest BCUT2D eigenvalue weighted by Gasteiger charge is 2.24. The first kappa shape index (κ1) is 9.41. The topological polar surface area (TPSA) is 109 Å². The van der Waals surface area contributed by atoms with Gasteiger partial charge in [0.1, 0.15) is 0 Å². The molecule has 7 heteroatoms. The third kappa shape index (κ3) is 7.41. The fourth-order valence-corrected chi connectivity index (χ4v) is 1.06. The van der Waals surface area contributed by atoms with Gasteiger partial charge in [-0.25, -0.2) is 0 Å². The average Bonchev–Trinajstić information content (AvgIpc) is 1.78. The Hall–Kier alpha value is -0.593. The Morgan fingerprint density at radius 2 is 2.00 bits per heavy atom. The highest BCUT2D eigenvalue weighted by molar-refractivity contribution is 6.56. The summed E-state index contributed by atoms with van der Waals surface area (Å²) in [7, 11) is -3.89. The summed E-state index contributed by atoms with van der Waals surface area (Å²) in [5, 5.41) is 3.14. The van der Waals surface area contributed by atoms with Crippen molar-refractivity contribution in [2.24, 2.45) is 5.11 Å². The molecule has 0 aromatic rings. The van der Waals surface area contributed by atoms with E-state index in [1.807, 2.05) is 0 Å². The maximum absolute atomic E-state index is 8.43. The van der Waals surface area contributed by atoms with E-state index < -0.39 is 8.80 Å². The number of hydrogen-bond acceptors (Lipinski definition) is 4. The molecule has 0 aromatic heterocycles. The molecular formula is C3H9N3O3Si. The van der Waals surface area contributed by atoms with Crippen LogP contribution in [-0.4, -0.2) is 29.7 Å². The first-order chi connectivity index (χ1) is 4.56. The molecular weight excluding hydrogens is 154 g/mol. The standard InChI is InChI=1S/C3H9N3O3Si/c4-6-5-2-1-3-10(7,8)9/h7-9H,1-3H2. The minimum absolute atomic E-state index is 0.0774. The summed E-state index contributed by atoms with van der Waals surface area (Å²) in [6.07, 6.45) is 0.305. The summed E-state index contributed by atoms with van der Waals surface area (Å²) >= 11 is 0. The van der Waals surface area contributed by atoms with Gasteiger partial charge < -0.3 is 14.4 Å². The van der Waals surface area contributed by atoms with Crippen molar-refractivity contribution < 1.29 is 14.4 Å². The Bertz CT molecular complexity index is 138. The molecule has 0 radical (unpaired) electrons. The molecule has 0 rings (SSSR count). The summed E-state index contributed by atoms with van der Waals surface area (Å²) in [6.45, 7) is 0.187. The first-order valence-corrected chi connectivity index (χ1v) is 4.79. The number of nitrogens with zero attached hydrogens (tertiary/aromatic N) is 3. The lowest BCUT2D eigenvalue weighted by Crippen LogP contribution is -2.34. The SMILES string of the molecule is [N-]=[N+]=NCCC[Si](O)(O)O. The van der Waals surface area contributed by atoms with Gasteiger partial charge in [-0.1, -0.05) is 5.11 Å². The van der Waals surface area contributed by atoms with Crippen LogP contribution in [0.25, 0.3) is 10.4 Å².